The number of fused-ring (bicyclic) bond motifs is 7. The van der Waals surface area contributed by atoms with Gasteiger partial charge in [-0.3, -0.25) is 13.9 Å². The van der Waals surface area contributed by atoms with E-state index in [1.165, 1.54) is 0 Å². The summed E-state index contributed by atoms with van der Waals surface area (Å²) in [6.07, 6.45) is 7.72. The summed E-state index contributed by atoms with van der Waals surface area (Å²) in [6.45, 7) is 0. The Hall–Kier alpha value is -5.17. The number of rotatable bonds is 3. The van der Waals surface area contributed by atoms with E-state index in [2.05, 4.69) is 51.8 Å². The van der Waals surface area contributed by atoms with Gasteiger partial charge in [0.2, 0.25) is 0 Å². The molecule has 0 spiro atoms. The topological polar surface area (TPSA) is 49.8 Å². The quantitative estimate of drug-likeness (QED) is 0.201. The number of hydrogen-bond acceptors (Lipinski definition) is 3. The SMILES string of the molecule is O=P1(C2=CC=CCC2)N(c2cccc3oc4ccc#cc4c23)c2ccccc2N1c1cccc2oc3ccccc3c12. The Kier molecular flexibility index (Phi) is 4.85. The molecule has 42 heavy (non-hydrogen) atoms. The Labute approximate surface area is 242 Å². The van der Waals surface area contributed by atoms with Gasteiger partial charge in [-0.05, 0) is 67.4 Å². The van der Waals surface area contributed by atoms with Crippen LogP contribution in [0.2, 0.25) is 0 Å². The predicted octanol–water partition coefficient (Wildman–Crippen LogP) is 10.8. The van der Waals surface area contributed by atoms with Crippen LogP contribution in [0.4, 0.5) is 22.7 Å². The summed E-state index contributed by atoms with van der Waals surface area (Å²) < 4.78 is 33.0. The van der Waals surface area contributed by atoms with Gasteiger partial charge in [0.1, 0.15) is 22.3 Å². The Morgan fingerprint density at radius 1 is 0.667 bits per heavy atom. The van der Waals surface area contributed by atoms with Gasteiger partial charge in [0, 0.05) is 10.7 Å². The lowest BCUT2D eigenvalue weighted by atomic mass is 10.1. The highest BCUT2D eigenvalue weighted by Gasteiger charge is 2.51. The van der Waals surface area contributed by atoms with Crippen molar-refractivity contribution in [3.63, 3.8) is 0 Å². The third-order valence-electron chi connectivity index (χ3n) is 8.32. The Morgan fingerprint density at radius 2 is 1.31 bits per heavy atom. The summed E-state index contributed by atoms with van der Waals surface area (Å²) in [4.78, 5) is 0. The molecule has 0 fully saturated rings. The minimum Gasteiger partial charge on any atom is -0.456 e. The van der Waals surface area contributed by atoms with Crippen LogP contribution in [0.3, 0.4) is 0 Å². The first-order chi connectivity index (χ1) is 20.7. The van der Waals surface area contributed by atoms with Crippen LogP contribution in [0.25, 0.3) is 43.9 Å². The van der Waals surface area contributed by atoms with Crippen molar-refractivity contribution in [1.82, 2.24) is 0 Å². The van der Waals surface area contributed by atoms with Crippen molar-refractivity contribution < 1.29 is 13.4 Å². The van der Waals surface area contributed by atoms with E-state index in [-0.39, 0.29) is 0 Å². The number of benzene rings is 4. The average Bonchev–Trinajstić information content (AvgIpc) is 3.69. The summed E-state index contributed by atoms with van der Waals surface area (Å²) in [7, 11) is -3.54. The second-order valence-corrected chi connectivity index (χ2v) is 13.1. The molecule has 1 unspecified atom stereocenters. The maximum atomic E-state index is 16.4. The Bertz CT molecular complexity index is 2180. The minimum atomic E-state index is -3.54. The van der Waals surface area contributed by atoms with E-state index in [4.69, 9.17) is 8.83 Å². The molecule has 5 aromatic carbocycles. The minimum absolute atomic E-state index is 0.693. The van der Waals surface area contributed by atoms with Crippen molar-refractivity contribution in [2.24, 2.45) is 0 Å². The molecule has 1 atom stereocenters. The van der Waals surface area contributed by atoms with Gasteiger partial charge in [-0.25, -0.2) is 0 Å². The number of furan rings is 2. The fraction of sp³-hybridized carbons (Fsp3) is 0.0556. The second kappa shape index (κ2) is 8.66. The zero-order valence-electron chi connectivity index (χ0n) is 22.5. The van der Waals surface area contributed by atoms with E-state index in [9.17, 15) is 0 Å². The van der Waals surface area contributed by atoms with Crippen LogP contribution >= 0.6 is 7.44 Å². The van der Waals surface area contributed by atoms with Gasteiger partial charge < -0.3 is 8.83 Å². The van der Waals surface area contributed by atoms with Gasteiger partial charge in [0.25, 0.3) is 7.44 Å². The van der Waals surface area contributed by atoms with Crippen LogP contribution in [0.5, 0.6) is 0 Å². The van der Waals surface area contributed by atoms with Crippen LogP contribution in [0, 0.1) is 12.1 Å². The molecule has 5 nitrogen and oxygen atoms in total. The number of nitrogens with zero attached hydrogens (tertiary/aromatic N) is 2. The van der Waals surface area contributed by atoms with Crippen molar-refractivity contribution in [3.05, 3.63) is 133 Å². The first kappa shape index (κ1) is 23.5. The lowest BCUT2D eigenvalue weighted by Crippen LogP contribution is -2.20. The van der Waals surface area contributed by atoms with Gasteiger partial charge in [-0.15, -0.1) is 0 Å². The Balaban J connectivity index is 1.41. The molecule has 0 saturated carbocycles. The summed E-state index contributed by atoms with van der Waals surface area (Å²) in [5.41, 5.74) is 6.46. The van der Waals surface area contributed by atoms with E-state index < -0.39 is 7.44 Å². The maximum Gasteiger partial charge on any atom is 0.297 e. The smallest absolute Gasteiger partial charge is 0.297 e. The molecule has 6 heteroatoms. The van der Waals surface area contributed by atoms with Crippen molar-refractivity contribution in [2.75, 3.05) is 9.34 Å². The molecule has 1 aliphatic carbocycles. The van der Waals surface area contributed by atoms with Crippen molar-refractivity contribution in [3.8, 4) is 0 Å². The number of para-hydroxylation sites is 3. The third kappa shape index (κ3) is 3.08. The molecule has 0 bridgehead atoms. The first-order valence-corrected chi connectivity index (χ1v) is 15.7. The zero-order valence-corrected chi connectivity index (χ0v) is 23.3. The van der Waals surface area contributed by atoms with Crippen LogP contribution in [-0.4, -0.2) is 0 Å². The molecule has 7 aromatic rings. The van der Waals surface area contributed by atoms with E-state index in [1.807, 2.05) is 78.9 Å². The second-order valence-electron chi connectivity index (χ2n) is 10.6. The molecule has 3 heterocycles. The van der Waals surface area contributed by atoms with Crippen molar-refractivity contribution in [1.29, 1.82) is 0 Å². The van der Waals surface area contributed by atoms with Crippen LogP contribution in [0.15, 0.2) is 129 Å². The standard InChI is InChI=1S/C36H23N2O3P/c39-42(24-12-2-1-3-13-24)37(29-18-10-22-33-35(29)25-14-4-8-20-31(25)40-33)27-16-6-7-17-28(27)38(42)30-19-11-23-34-36(30)26-15-5-9-21-32(26)41-34/h1-2,4,6-12,14,16-23H,3,13H2. The van der Waals surface area contributed by atoms with E-state index >= 15 is 4.57 Å². The van der Waals surface area contributed by atoms with E-state index in [0.717, 1.165) is 78.4 Å². The number of hydrogen-bond donors (Lipinski definition) is 0. The molecule has 0 amide bonds. The van der Waals surface area contributed by atoms with Crippen molar-refractivity contribution >= 4 is 74.1 Å². The van der Waals surface area contributed by atoms with Crippen molar-refractivity contribution in [2.45, 2.75) is 12.8 Å². The maximum absolute atomic E-state index is 16.4. The summed E-state index contributed by atoms with van der Waals surface area (Å²) in [5, 5.41) is 4.54. The highest BCUT2D eigenvalue weighted by molar-refractivity contribution is 7.72. The van der Waals surface area contributed by atoms with Crippen LogP contribution < -0.4 is 9.34 Å². The van der Waals surface area contributed by atoms with Gasteiger partial charge in [0.15, 0.2) is 0 Å². The molecular formula is C36H23N2O3P. The zero-order chi connectivity index (χ0) is 27.8. The monoisotopic (exact) mass is 562 g/mol. The summed E-state index contributed by atoms with van der Waals surface area (Å²) >= 11 is 0. The van der Waals surface area contributed by atoms with Crippen LogP contribution in [-0.2, 0) is 4.57 Å². The van der Waals surface area contributed by atoms with Gasteiger partial charge in [-0.2, -0.15) is 0 Å². The number of allylic oxidation sites excluding steroid dienone is 4. The molecule has 0 radical (unpaired) electrons. The van der Waals surface area contributed by atoms with Gasteiger partial charge in [-0.1, -0.05) is 72.8 Å². The van der Waals surface area contributed by atoms with E-state index in [1.54, 1.807) is 6.07 Å². The molecule has 2 aliphatic rings. The lowest BCUT2D eigenvalue weighted by molar-refractivity contribution is 0.579. The molecule has 200 valence electrons. The summed E-state index contributed by atoms with van der Waals surface area (Å²) in [6, 6.07) is 38.3. The molecule has 0 N–H and O–H groups in total. The first-order valence-electron chi connectivity index (χ1n) is 14.0. The van der Waals surface area contributed by atoms with Gasteiger partial charge >= 0.3 is 0 Å². The lowest BCUT2D eigenvalue weighted by Gasteiger charge is -2.35. The third-order valence-corrected chi connectivity index (χ3v) is 11.4. The largest absolute Gasteiger partial charge is 0.456 e. The Morgan fingerprint density at radius 3 is 2.07 bits per heavy atom. The fourth-order valence-corrected chi connectivity index (χ4v) is 9.81. The summed E-state index contributed by atoms with van der Waals surface area (Å²) in [5.74, 6) is 0. The molecule has 1 aliphatic heterocycles. The fourth-order valence-electron chi connectivity index (χ4n) is 6.58. The predicted molar refractivity (Wildman–Crippen MR) is 170 cm³/mol. The van der Waals surface area contributed by atoms with Crippen LogP contribution in [0.1, 0.15) is 12.8 Å². The average molecular weight is 563 g/mol. The molecular weight excluding hydrogens is 539 g/mol. The van der Waals surface area contributed by atoms with E-state index in [0.29, 0.717) is 6.42 Å². The highest BCUT2D eigenvalue weighted by atomic mass is 31.2. The van der Waals surface area contributed by atoms with Gasteiger partial charge in [0.05, 0.1) is 38.9 Å². The number of anilines is 4. The molecule has 9 rings (SSSR count). The normalized spacial score (nSPS) is 16.0. The highest BCUT2D eigenvalue weighted by Crippen LogP contribution is 2.76. The molecule has 2 aromatic heterocycles. The molecule has 0 saturated heterocycles.